The average molecular weight is 283 g/mol. The van der Waals surface area contributed by atoms with Crippen molar-refractivity contribution >= 4 is 5.97 Å². The summed E-state index contributed by atoms with van der Waals surface area (Å²) in [5, 5.41) is 13.6. The van der Waals surface area contributed by atoms with Gasteiger partial charge in [0.1, 0.15) is 17.1 Å². The summed E-state index contributed by atoms with van der Waals surface area (Å²) in [5.41, 5.74) is 1.57. The molecule has 0 amide bonds. The minimum absolute atomic E-state index is 0.0623. The highest BCUT2D eigenvalue weighted by Crippen LogP contribution is 2.23. The molecule has 104 valence electrons. The maximum absolute atomic E-state index is 12.9. The lowest BCUT2D eigenvalue weighted by molar-refractivity contribution is 0.0697. The number of hydrogen-bond donors (Lipinski definition) is 1. The van der Waals surface area contributed by atoms with Crippen LogP contribution in [0.4, 0.5) is 4.39 Å². The van der Waals surface area contributed by atoms with Crippen molar-refractivity contribution in [1.82, 2.24) is 14.8 Å². The van der Waals surface area contributed by atoms with E-state index in [2.05, 4.69) is 10.1 Å². The highest BCUT2D eigenvalue weighted by Gasteiger charge is 2.17. The molecule has 6 heteroatoms. The molecule has 0 saturated heterocycles. The molecule has 0 saturated carbocycles. The summed E-state index contributed by atoms with van der Waals surface area (Å²) in [5.74, 6) is -1.45. The van der Waals surface area contributed by atoms with Crippen LogP contribution in [0.25, 0.3) is 16.9 Å². The molecule has 1 N–H and O–H groups in total. The molecule has 0 bridgehead atoms. The number of aromatic carboxylic acids is 1. The molecule has 2 aromatic heterocycles. The third-order valence-corrected chi connectivity index (χ3v) is 2.97. The predicted molar refractivity (Wildman–Crippen MR) is 73.7 cm³/mol. The van der Waals surface area contributed by atoms with E-state index in [1.165, 1.54) is 35.1 Å². The van der Waals surface area contributed by atoms with Crippen molar-refractivity contribution in [3.8, 4) is 16.9 Å². The summed E-state index contributed by atoms with van der Waals surface area (Å²) in [6, 6.07) is 9.08. The molecule has 0 fully saturated rings. The summed E-state index contributed by atoms with van der Waals surface area (Å²) in [6.07, 6.45) is 4.54. The van der Waals surface area contributed by atoms with E-state index >= 15 is 0 Å². The first-order valence-corrected chi connectivity index (χ1v) is 6.14. The van der Waals surface area contributed by atoms with Gasteiger partial charge in [-0.05, 0) is 36.4 Å². The van der Waals surface area contributed by atoms with Crippen molar-refractivity contribution < 1.29 is 14.3 Å². The minimum atomic E-state index is -1.08. The van der Waals surface area contributed by atoms with Crippen molar-refractivity contribution in [1.29, 1.82) is 0 Å². The monoisotopic (exact) mass is 283 g/mol. The largest absolute Gasteiger partial charge is 0.478 e. The number of carbonyl (C=O) groups is 1. The summed E-state index contributed by atoms with van der Waals surface area (Å²) in [7, 11) is 0. The first-order valence-electron chi connectivity index (χ1n) is 6.14. The molecule has 3 rings (SSSR count). The zero-order valence-corrected chi connectivity index (χ0v) is 10.8. The predicted octanol–water partition coefficient (Wildman–Crippen LogP) is 2.77. The van der Waals surface area contributed by atoms with Crippen LogP contribution >= 0.6 is 0 Å². The molecule has 0 aliphatic carbocycles. The molecule has 1 aromatic carbocycles. The second-order valence-electron chi connectivity index (χ2n) is 4.36. The first-order chi connectivity index (χ1) is 10.1. The smallest absolute Gasteiger partial charge is 0.339 e. The van der Waals surface area contributed by atoms with Crippen molar-refractivity contribution in [2.75, 3.05) is 0 Å². The Morgan fingerprint density at radius 2 is 1.95 bits per heavy atom. The zero-order chi connectivity index (χ0) is 14.8. The van der Waals surface area contributed by atoms with Crippen LogP contribution in [-0.2, 0) is 0 Å². The molecule has 5 nitrogen and oxygen atoms in total. The van der Waals surface area contributed by atoms with Crippen molar-refractivity contribution in [2.45, 2.75) is 0 Å². The first kappa shape index (κ1) is 13.0. The Bertz CT molecular complexity index is 782. The van der Waals surface area contributed by atoms with Crippen LogP contribution in [0.15, 0.2) is 55.0 Å². The number of aromatic nitrogens is 3. The standard InChI is InChI=1S/C15H10FN3O2/c16-11-3-5-12(6-4-11)19-9-13(15(20)21)14(18-19)10-2-1-7-17-8-10/h1-9H,(H,20,21). The van der Waals surface area contributed by atoms with Crippen LogP contribution in [0, 0.1) is 5.82 Å². The Kier molecular flexibility index (Phi) is 3.19. The Morgan fingerprint density at radius 1 is 1.19 bits per heavy atom. The van der Waals surface area contributed by atoms with Gasteiger partial charge in [-0.1, -0.05) is 0 Å². The fourth-order valence-corrected chi connectivity index (χ4v) is 1.97. The third kappa shape index (κ3) is 2.51. The number of carboxylic acid groups (broad SMARTS) is 1. The molecule has 0 spiro atoms. The van der Waals surface area contributed by atoms with Crippen molar-refractivity contribution in [2.24, 2.45) is 0 Å². The number of nitrogens with zero attached hydrogens (tertiary/aromatic N) is 3. The van der Waals surface area contributed by atoms with Crippen LogP contribution in [-0.4, -0.2) is 25.8 Å². The lowest BCUT2D eigenvalue weighted by atomic mass is 10.1. The van der Waals surface area contributed by atoms with E-state index < -0.39 is 5.97 Å². The van der Waals surface area contributed by atoms with E-state index in [4.69, 9.17) is 0 Å². The average Bonchev–Trinajstić information content (AvgIpc) is 2.94. The lowest BCUT2D eigenvalue weighted by Gasteiger charge is -2.00. The van der Waals surface area contributed by atoms with Crippen LogP contribution in [0.5, 0.6) is 0 Å². The van der Waals surface area contributed by atoms with Crippen LogP contribution in [0.2, 0.25) is 0 Å². The fraction of sp³-hybridized carbons (Fsp3) is 0. The van der Waals surface area contributed by atoms with Crippen molar-refractivity contribution in [3.05, 3.63) is 66.4 Å². The summed E-state index contributed by atoms with van der Waals surface area (Å²) < 4.78 is 14.4. The van der Waals surface area contributed by atoms with Crippen LogP contribution in [0.3, 0.4) is 0 Å². The highest BCUT2D eigenvalue weighted by atomic mass is 19.1. The minimum Gasteiger partial charge on any atom is -0.478 e. The molecule has 0 radical (unpaired) electrons. The van der Waals surface area contributed by atoms with Gasteiger partial charge in [-0.25, -0.2) is 13.9 Å². The van der Waals surface area contributed by atoms with Gasteiger partial charge in [0.25, 0.3) is 0 Å². The van der Waals surface area contributed by atoms with Crippen LogP contribution < -0.4 is 0 Å². The Balaban J connectivity index is 2.13. The summed E-state index contributed by atoms with van der Waals surface area (Å²) in [4.78, 5) is 15.3. The second kappa shape index (κ2) is 5.16. The van der Waals surface area contributed by atoms with Crippen LogP contribution in [0.1, 0.15) is 10.4 Å². The number of benzene rings is 1. The number of halogens is 1. The van der Waals surface area contributed by atoms with E-state index in [9.17, 15) is 14.3 Å². The Hall–Kier alpha value is -3.02. The third-order valence-electron chi connectivity index (χ3n) is 2.97. The number of carboxylic acids is 1. The Morgan fingerprint density at radius 3 is 2.57 bits per heavy atom. The zero-order valence-electron chi connectivity index (χ0n) is 10.8. The lowest BCUT2D eigenvalue weighted by Crippen LogP contribution is -1.96. The maximum Gasteiger partial charge on any atom is 0.339 e. The van der Waals surface area contributed by atoms with Crippen molar-refractivity contribution in [3.63, 3.8) is 0 Å². The van der Waals surface area contributed by atoms with Gasteiger partial charge in [0.2, 0.25) is 0 Å². The van der Waals surface area contributed by atoms with Gasteiger partial charge < -0.3 is 5.11 Å². The van der Waals surface area contributed by atoms with Gasteiger partial charge in [-0.3, -0.25) is 4.98 Å². The molecule has 21 heavy (non-hydrogen) atoms. The molecule has 0 atom stereocenters. The molecular weight excluding hydrogens is 273 g/mol. The fourth-order valence-electron chi connectivity index (χ4n) is 1.97. The van der Waals surface area contributed by atoms with E-state index in [0.29, 0.717) is 16.9 Å². The van der Waals surface area contributed by atoms with E-state index in [1.54, 1.807) is 24.5 Å². The van der Waals surface area contributed by atoms with Gasteiger partial charge in [-0.2, -0.15) is 5.10 Å². The van der Waals surface area contributed by atoms with E-state index in [-0.39, 0.29) is 11.4 Å². The maximum atomic E-state index is 12.9. The molecule has 2 heterocycles. The number of pyridine rings is 1. The number of rotatable bonds is 3. The van der Waals surface area contributed by atoms with Gasteiger partial charge in [-0.15, -0.1) is 0 Å². The molecule has 0 unspecified atom stereocenters. The number of hydrogen-bond acceptors (Lipinski definition) is 3. The topological polar surface area (TPSA) is 68.0 Å². The highest BCUT2D eigenvalue weighted by molar-refractivity contribution is 5.94. The van der Waals surface area contributed by atoms with Gasteiger partial charge in [0, 0.05) is 24.2 Å². The molecule has 0 aliphatic heterocycles. The SMILES string of the molecule is O=C(O)c1cn(-c2ccc(F)cc2)nc1-c1cccnc1. The molecule has 0 aliphatic rings. The second-order valence-corrected chi connectivity index (χ2v) is 4.36. The van der Waals surface area contributed by atoms with Gasteiger partial charge in [0.15, 0.2) is 0 Å². The van der Waals surface area contributed by atoms with Gasteiger partial charge in [0.05, 0.1) is 5.69 Å². The summed E-state index contributed by atoms with van der Waals surface area (Å²) in [6.45, 7) is 0. The Labute approximate surface area is 119 Å². The molecular formula is C15H10FN3O2. The normalized spacial score (nSPS) is 10.5. The van der Waals surface area contributed by atoms with E-state index in [0.717, 1.165) is 0 Å². The van der Waals surface area contributed by atoms with E-state index in [1.807, 2.05) is 0 Å². The quantitative estimate of drug-likeness (QED) is 0.802. The molecule has 3 aromatic rings. The van der Waals surface area contributed by atoms with Gasteiger partial charge >= 0.3 is 5.97 Å². The summed E-state index contributed by atoms with van der Waals surface area (Å²) >= 11 is 0.